The molecule has 0 aliphatic carbocycles. The van der Waals surface area contributed by atoms with E-state index in [2.05, 4.69) is 0 Å². The van der Waals surface area contributed by atoms with Gasteiger partial charge < -0.3 is 5.11 Å². The topological polar surface area (TPSA) is 44.0 Å². The molecular formula is C8H6ClNO. The summed E-state index contributed by atoms with van der Waals surface area (Å²) in [7, 11) is 0. The maximum absolute atomic E-state index is 8.74. The third kappa shape index (κ3) is 1.70. The zero-order chi connectivity index (χ0) is 8.27. The molecular weight excluding hydrogens is 162 g/mol. The number of nitriles is 1. The lowest BCUT2D eigenvalue weighted by Gasteiger charge is -1.98. The predicted octanol–water partition coefficient (Wildman–Crippen LogP) is 1.70. The largest absolute Gasteiger partial charge is 0.392 e. The quantitative estimate of drug-likeness (QED) is 0.692. The Balaban J connectivity index is 3.15. The third-order valence-electron chi connectivity index (χ3n) is 1.35. The summed E-state index contributed by atoms with van der Waals surface area (Å²) in [5, 5.41) is 17.7. The lowest BCUT2D eigenvalue weighted by molar-refractivity contribution is 0.282. The SMILES string of the molecule is N#Cc1ccc(Cl)c(CO)c1. The fourth-order valence-electron chi connectivity index (χ4n) is 0.765. The fraction of sp³-hybridized carbons (Fsp3) is 0.125. The molecule has 1 N–H and O–H groups in total. The molecule has 0 heterocycles. The highest BCUT2D eigenvalue weighted by Crippen LogP contribution is 2.16. The number of aliphatic hydroxyl groups is 1. The second-order valence-electron chi connectivity index (χ2n) is 2.08. The van der Waals surface area contributed by atoms with Crippen LogP contribution in [0.1, 0.15) is 11.1 Å². The molecule has 56 valence electrons. The summed E-state index contributed by atoms with van der Waals surface area (Å²) in [6.45, 7) is -0.131. The minimum Gasteiger partial charge on any atom is -0.392 e. The summed E-state index contributed by atoms with van der Waals surface area (Å²) in [5.41, 5.74) is 1.10. The molecule has 0 bridgehead atoms. The van der Waals surface area contributed by atoms with Gasteiger partial charge in [-0.25, -0.2) is 0 Å². The van der Waals surface area contributed by atoms with Crippen LogP contribution >= 0.6 is 11.6 Å². The van der Waals surface area contributed by atoms with Crippen molar-refractivity contribution in [1.82, 2.24) is 0 Å². The number of hydrogen-bond acceptors (Lipinski definition) is 2. The zero-order valence-corrected chi connectivity index (χ0v) is 6.47. The van der Waals surface area contributed by atoms with Gasteiger partial charge in [-0.05, 0) is 23.8 Å². The highest BCUT2D eigenvalue weighted by atomic mass is 35.5. The van der Waals surface area contributed by atoms with Crippen molar-refractivity contribution in [2.45, 2.75) is 6.61 Å². The van der Waals surface area contributed by atoms with Crippen LogP contribution in [0.25, 0.3) is 0 Å². The van der Waals surface area contributed by atoms with Crippen molar-refractivity contribution in [2.75, 3.05) is 0 Å². The maximum Gasteiger partial charge on any atom is 0.0991 e. The zero-order valence-electron chi connectivity index (χ0n) is 5.71. The van der Waals surface area contributed by atoms with Gasteiger partial charge in [0, 0.05) is 5.02 Å². The summed E-state index contributed by atoms with van der Waals surface area (Å²) in [6, 6.07) is 6.75. The van der Waals surface area contributed by atoms with E-state index in [9.17, 15) is 0 Å². The van der Waals surface area contributed by atoms with Gasteiger partial charge in [0.15, 0.2) is 0 Å². The van der Waals surface area contributed by atoms with Crippen molar-refractivity contribution in [3.05, 3.63) is 34.3 Å². The summed E-state index contributed by atoms with van der Waals surface area (Å²) in [6.07, 6.45) is 0. The van der Waals surface area contributed by atoms with Gasteiger partial charge in [-0.3, -0.25) is 0 Å². The van der Waals surface area contributed by atoms with E-state index in [-0.39, 0.29) is 6.61 Å². The molecule has 0 spiro atoms. The van der Waals surface area contributed by atoms with Crippen LogP contribution in [0.15, 0.2) is 18.2 Å². The number of benzene rings is 1. The molecule has 1 aromatic rings. The van der Waals surface area contributed by atoms with Gasteiger partial charge in [0.1, 0.15) is 0 Å². The standard InChI is InChI=1S/C8H6ClNO/c9-8-2-1-6(4-10)3-7(8)5-11/h1-3,11H,5H2. The van der Waals surface area contributed by atoms with Gasteiger partial charge >= 0.3 is 0 Å². The summed E-state index contributed by atoms with van der Waals surface area (Å²) in [5.74, 6) is 0. The maximum atomic E-state index is 8.74. The Hall–Kier alpha value is -1.04. The molecule has 0 atom stereocenters. The van der Waals surface area contributed by atoms with Crippen LogP contribution in [0.2, 0.25) is 5.02 Å². The first-order valence-electron chi connectivity index (χ1n) is 3.07. The Morgan fingerprint density at radius 1 is 1.55 bits per heavy atom. The van der Waals surface area contributed by atoms with E-state index in [1.165, 1.54) is 0 Å². The van der Waals surface area contributed by atoms with E-state index < -0.39 is 0 Å². The van der Waals surface area contributed by atoms with Gasteiger partial charge in [-0.15, -0.1) is 0 Å². The van der Waals surface area contributed by atoms with Crippen LogP contribution in [0, 0.1) is 11.3 Å². The number of halogens is 1. The summed E-state index contributed by atoms with van der Waals surface area (Å²) >= 11 is 5.68. The molecule has 0 aliphatic heterocycles. The van der Waals surface area contributed by atoms with E-state index in [0.717, 1.165) is 0 Å². The Bertz CT molecular complexity index is 303. The fourth-order valence-corrected chi connectivity index (χ4v) is 0.943. The molecule has 1 rings (SSSR count). The van der Waals surface area contributed by atoms with Crippen LogP contribution in [0.5, 0.6) is 0 Å². The van der Waals surface area contributed by atoms with Crippen molar-refractivity contribution < 1.29 is 5.11 Å². The molecule has 0 aromatic heterocycles. The molecule has 0 aliphatic rings. The van der Waals surface area contributed by atoms with Crippen LogP contribution in [-0.2, 0) is 6.61 Å². The number of rotatable bonds is 1. The summed E-state index contributed by atoms with van der Waals surface area (Å²) < 4.78 is 0. The second kappa shape index (κ2) is 3.38. The first-order chi connectivity index (χ1) is 5.27. The predicted molar refractivity (Wildman–Crippen MR) is 42.1 cm³/mol. The highest BCUT2D eigenvalue weighted by Gasteiger charge is 1.98. The molecule has 11 heavy (non-hydrogen) atoms. The Morgan fingerprint density at radius 2 is 2.27 bits per heavy atom. The molecule has 0 unspecified atom stereocenters. The van der Waals surface area contributed by atoms with Crippen LogP contribution in [-0.4, -0.2) is 5.11 Å². The highest BCUT2D eigenvalue weighted by molar-refractivity contribution is 6.31. The third-order valence-corrected chi connectivity index (χ3v) is 1.71. The second-order valence-corrected chi connectivity index (χ2v) is 2.48. The van der Waals surface area contributed by atoms with Gasteiger partial charge in [0.05, 0.1) is 18.2 Å². The van der Waals surface area contributed by atoms with Crippen LogP contribution in [0.3, 0.4) is 0 Å². The van der Waals surface area contributed by atoms with Gasteiger partial charge in [-0.2, -0.15) is 5.26 Å². The van der Waals surface area contributed by atoms with Crippen LogP contribution < -0.4 is 0 Å². The van der Waals surface area contributed by atoms with Gasteiger partial charge in [-0.1, -0.05) is 11.6 Å². The first-order valence-corrected chi connectivity index (χ1v) is 3.45. The van der Waals surface area contributed by atoms with Crippen molar-refractivity contribution in [2.24, 2.45) is 0 Å². The Labute approximate surface area is 69.7 Å². The van der Waals surface area contributed by atoms with Crippen molar-refractivity contribution >= 4 is 11.6 Å². The van der Waals surface area contributed by atoms with Gasteiger partial charge in [0.25, 0.3) is 0 Å². The average Bonchev–Trinajstić information content (AvgIpc) is 2.05. The lowest BCUT2D eigenvalue weighted by atomic mass is 10.1. The Morgan fingerprint density at radius 3 is 2.82 bits per heavy atom. The number of hydrogen-bond donors (Lipinski definition) is 1. The summed E-state index contributed by atoms with van der Waals surface area (Å²) in [4.78, 5) is 0. The molecule has 1 aromatic carbocycles. The van der Waals surface area contributed by atoms with Crippen molar-refractivity contribution in [1.29, 1.82) is 5.26 Å². The van der Waals surface area contributed by atoms with Crippen molar-refractivity contribution in [3.63, 3.8) is 0 Å². The lowest BCUT2D eigenvalue weighted by Crippen LogP contribution is -1.85. The first kappa shape index (κ1) is 8.06. The van der Waals surface area contributed by atoms with E-state index in [4.69, 9.17) is 22.0 Å². The number of nitrogens with zero attached hydrogens (tertiary/aromatic N) is 1. The minimum atomic E-state index is -0.131. The van der Waals surface area contributed by atoms with Crippen molar-refractivity contribution in [3.8, 4) is 6.07 Å². The van der Waals surface area contributed by atoms with E-state index in [1.807, 2.05) is 6.07 Å². The normalized spacial score (nSPS) is 9.18. The molecule has 0 saturated carbocycles. The molecule has 2 nitrogen and oxygen atoms in total. The molecule has 3 heteroatoms. The minimum absolute atomic E-state index is 0.131. The molecule has 0 radical (unpaired) electrons. The van der Waals surface area contributed by atoms with Crippen LogP contribution in [0.4, 0.5) is 0 Å². The van der Waals surface area contributed by atoms with Gasteiger partial charge in [0.2, 0.25) is 0 Å². The average molecular weight is 168 g/mol. The monoisotopic (exact) mass is 167 g/mol. The van der Waals surface area contributed by atoms with E-state index in [0.29, 0.717) is 16.1 Å². The smallest absolute Gasteiger partial charge is 0.0991 e. The Kier molecular flexibility index (Phi) is 2.48. The molecule has 0 saturated heterocycles. The van der Waals surface area contributed by atoms with E-state index in [1.54, 1.807) is 18.2 Å². The molecule has 0 fully saturated rings. The molecule has 0 amide bonds. The number of aliphatic hydroxyl groups excluding tert-OH is 1. The van der Waals surface area contributed by atoms with E-state index >= 15 is 0 Å².